The number of rotatable bonds is 5. The maximum atomic E-state index is 12.2. The number of nitrogens with one attached hydrogen (secondary N) is 1. The largest absolute Gasteiger partial charge is 0.369 e. The number of piperidine rings is 1. The molecule has 0 saturated carbocycles. The van der Waals surface area contributed by atoms with Gasteiger partial charge in [-0.15, -0.1) is 0 Å². The molecule has 2 saturated heterocycles. The normalized spacial score (nSPS) is 22.0. The van der Waals surface area contributed by atoms with Crippen LogP contribution < -0.4 is 11.1 Å². The van der Waals surface area contributed by atoms with E-state index in [9.17, 15) is 9.59 Å². The SMILES string of the molecule is NC(=O)CN1CCCN(C(=O)COC2CCNCC2)CC1. The Bertz CT molecular complexity index is 358. The summed E-state index contributed by atoms with van der Waals surface area (Å²) in [5.74, 6) is -0.265. The lowest BCUT2D eigenvalue weighted by atomic mass is 10.1. The highest BCUT2D eigenvalue weighted by molar-refractivity contribution is 5.77. The third-order valence-corrected chi connectivity index (χ3v) is 4.05. The molecule has 0 aromatic heterocycles. The Morgan fingerprint density at radius 1 is 1.14 bits per heavy atom. The Morgan fingerprint density at radius 2 is 1.90 bits per heavy atom. The molecule has 0 bridgehead atoms. The fourth-order valence-electron chi connectivity index (χ4n) is 2.84. The van der Waals surface area contributed by atoms with Crippen LogP contribution in [0.2, 0.25) is 0 Å². The highest BCUT2D eigenvalue weighted by atomic mass is 16.5. The second-order valence-corrected chi connectivity index (χ2v) is 5.74. The zero-order valence-electron chi connectivity index (χ0n) is 12.6. The minimum Gasteiger partial charge on any atom is -0.369 e. The first-order valence-corrected chi connectivity index (χ1v) is 7.76. The van der Waals surface area contributed by atoms with Gasteiger partial charge in [0.15, 0.2) is 0 Å². The van der Waals surface area contributed by atoms with Gasteiger partial charge in [-0.25, -0.2) is 0 Å². The Balaban J connectivity index is 1.70. The van der Waals surface area contributed by atoms with Crippen LogP contribution in [0.5, 0.6) is 0 Å². The zero-order valence-corrected chi connectivity index (χ0v) is 12.6. The molecule has 2 rings (SSSR count). The van der Waals surface area contributed by atoms with Crippen molar-refractivity contribution in [1.29, 1.82) is 0 Å². The summed E-state index contributed by atoms with van der Waals surface area (Å²) in [6.07, 6.45) is 3.01. The summed E-state index contributed by atoms with van der Waals surface area (Å²) < 4.78 is 5.71. The summed E-state index contributed by atoms with van der Waals surface area (Å²) in [7, 11) is 0. The van der Waals surface area contributed by atoms with Crippen molar-refractivity contribution in [3.05, 3.63) is 0 Å². The molecule has 2 fully saturated rings. The fourth-order valence-corrected chi connectivity index (χ4v) is 2.84. The van der Waals surface area contributed by atoms with E-state index in [-0.39, 0.29) is 31.1 Å². The van der Waals surface area contributed by atoms with Crippen molar-refractivity contribution in [2.75, 3.05) is 52.4 Å². The Labute approximate surface area is 125 Å². The number of nitrogens with zero attached hydrogens (tertiary/aromatic N) is 2. The Kier molecular flexibility index (Phi) is 6.41. The van der Waals surface area contributed by atoms with Gasteiger partial charge in [0.05, 0.1) is 12.6 Å². The van der Waals surface area contributed by atoms with Crippen molar-refractivity contribution in [3.8, 4) is 0 Å². The van der Waals surface area contributed by atoms with Gasteiger partial charge in [-0.1, -0.05) is 0 Å². The number of carbonyl (C=O) groups excluding carboxylic acids is 2. The standard InChI is InChI=1S/C14H26N4O3/c15-13(19)10-17-6-1-7-18(9-8-17)14(20)11-21-12-2-4-16-5-3-12/h12,16H,1-11H2,(H2,15,19). The van der Waals surface area contributed by atoms with Crippen LogP contribution in [0.3, 0.4) is 0 Å². The number of ether oxygens (including phenoxy) is 1. The van der Waals surface area contributed by atoms with Gasteiger partial charge >= 0.3 is 0 Å². The second-order valence-electron chi connectivity index (χ2n) is 5.74. The van der Waals surface area contributed by atoms with Gasteiger partial charge in [-0.2, -0.15) is 0 Å². The summed E-state index contributed by atoms with van der Waals surface area (Å²) in [4.78, 5) is 27.0. The molecule has 21 heavy (non-hydrogen) atoms. The monoisotopic (exact) mass is 298 g/mol. The topological polar surface area (TPSA) is 87.9 Å². The van der Waals surface area contributed by atoms with Gasteiger partial charge in [0, 0.05) is 26.2 Å². The van der Waals surface area contributed by atoms with E-state index >= 15 is 0 Å². The molecule has 7 heteroatoms. The molecule has 2 aliphatic rings. The maximum absolute atomic E-state index is 12.2. The van der Waals surface area contributed by atoms with E-state index in [0.29, 0.717) is 13.1 Å². The molecule has 2 amide bonds. The van der Waals surface area contributed by atoms with Crippen LogP contribution in [0.25, 0.3) is 0 Å². The molecule has 0 spiro atoms. The molecule has 0 radical (unpaired) electrons. The van der Waals surface area contributed by atoms with Gasteiger partial charge in [0.25, 0.3) is 0 Å². The zero-order chi connectivity index (χ0) is 15.1. The number of carbonyl (C=O) groups is 2. The smallest absolute Gasteiger partial charge is 0.248 e. The number of amides is 2. The molecular weight excluding hydrogens is 272 g/mol. The van der Waals surface area contributed by atoms with Crippen molar-refractivity contribution >= 4 is 11.8 Å². The predicted molar refractivity (Wildman–Crippen MR) is 78.7 cm³/mol. The average Bonchev–Trinajstić information content (AvgIpc) is 2.71. The van der Waals surface area contributed by atoms with Crippen LogP contribution in [0, 0.1) is 0 Å². The van der Waals surface area contributed by atoms with E-state index in [4.69, 9.17) is 10.5 Å². The van der Waals surface area contributed by atoms with Gasteiger partial charge in [0.1, 0.15) is 6.61 Å². The summed E-state index contributed by atoms with van der Waals surface area (Å²) >= 11 is 0. The van der Waals surface area contributed by atoms with Crippen LogP contribution in [-0.4, -0.2) is 80.1 Å². The van der Waals surface area contributed by atoms with Crippen LogP contribution in [0.1, 0.15) is 19.3 Å². The van der Waals surface area contributed by atoms with Crippen LogP contribution in [-0.2, 0) is 14.3 Å². The van der Waals surface area contributed by atoms with E-state index in [1.54, 1.807) is 0 Å². The van der Waals surface area contributed by atoms with Gasteiger partial charge in [-0.3, -0.25) is 14.5 Å². The molecule has 120 valence electrons. The summed E-state index contributed by atoms with van der Waals surface area (Å²) in [5.41, 5.74) is 5.21. The van der Waals surface area contributed by atoms with E-state index in [0.717, 1.165) is 45.4 Å². The molecule has 2 heterocycles. The Hall–Kier alpha value is -1.18. The number of nitrogens with two attached hydrogens (primary N) is 1. The highest BCUT2D eigenvalue weighted by Gasteiger charge is 2.21. The summed E-state index contributed by atoms with van der Waals surface area (Å²) in [6.45, 7) is 5.23. The van der Waals surface area contributed by atoms with E-state index in [1.165, 1.54) is 0 Å². The quantitative estimate of drug-likeness (QED) is 0.664. The van der Waals surface area contributed by atoms with Crippen LogP contribution in [0.4, 0.5) is 0 Å². The summed E-state index contributed by atoms with van der Waals surface area (Å²) in [5, 5.41) is 3.28. The highest BCUT2D eigenvalue weighted by Crippen LogP contribution is 2.08. The van der Waals surface area contributed by atoms with Crippen molar-refractivity contribution < 1.29 is 14.3 Å². The first kappa shape index (κ1) is 16.2. The fraction of sp³-hybridized carbons (Fsp3) is 0.857. The minimum absolute atomic E-state index is 0.0504. The van der Waals surface area contributed by atoms with E-state index in [1.807, 2.05) is 9.80 Å². The molecular formula is C14H26N4O3. The first-order valence-electron chi connectivity index (χ1n) is 7.76. The second kappa shape index (κ2) is 8.31. The molecule has 0 unspecified atom stereocenters. The lowest BCUT2D eigenvalue weighted by Crippen LogP contribution is -2.40. The lowest BCUT2D eigenvalue weighted by Gasteiger charge is -2.25. The van der Waals surface area contributed by atoms with Crippen LogP contribution in [0.15, 0.2) is 0 Å². The predicted octanol–water partition coefficient (Wildman–Crippen LogP) is -1.23. The summed E-state index contributed by atoms with van der Waals surface area (Å²) in [6, 6.07) is 0. The van der Waals surface area contributed by atoms with Crippen molar-refractivity contribution in [1.82, 2.24) is 15.1 Å². The van der Waals surface area contributed by atoms with Crippen LogP contribution >= 0.6 is 0 Å². The molecule has 0 aromatic carbocycles. The van der Waals surface area contributed by atoms with E-state index in [2.05, 4.69) is 5.32 Å². The molecule has 2 aliphatic heterocycles. The number of hydrogen-bond acceptors (Lipinski definition) is 5. The van der Waals surface area contributed by atoms with Gasteiger partial charge < -0.3 is 20.7 Å². The molecule has 7 nitrogen and oxygen atoms in total. The molecule has 0 aromatic rings. The third kappa shape index (κ3) is 5.61. The number of primary amides is 1. The van der Waals surface area contributed by atoms with E-state index < -0.39 is 0 Å². The minimum atomic E-state index is -0.316. The number of hydrogen-bond donors (Lipinski definition) is 2. The van der Waals surface area contributed by atoms with Gasteiger partial charge in [0.2, 0.25) is 11.8 Å². The lowest BCUT2D eigenvalue weighted by molar-refractivity contribution is -0.138. The third-order valence-electron chi connectivity index (χ3n) is 4.05. The molecule has 0 aliphatic carbocycles. The maximum Gasteiger partial charge on any atom is 0.248 e. The first-order chi connectivity index (χ1) is 10.1. The van der Waals surface area contributed by atoms with Crippen molar-refractivity contribution in [2.24, 2.45) is 5.73 Å². The van der Waals surface area contributed by atoms with Gasteiger partial charge in [-0.05, 0) is 32.4 Å². The molecule has 0 atom stereocenters. The average molecular weight is 298 g/mol. The Morgan fingerprint density at radius 3 is 2.62 bits per heavy atom. The van der Waals surface area contributed by atoms with Crippen molar-refractivity contribution in [2.45, 2.75) is 25.4 Å². The molecule has 3 N–H and O–H groups in total. The van der Waals surface area contributed by atoms with Crippen molar-refractivity contribution in [3.63, 3.8) is 0 Å².